The van der Waals surface area contributed by atoms with Crippen LogP contribution in [0.4, 0.5) is 25.8 Å². The smallest absolute Gasteiger partial charge is 0.274 e. The second kappa shape index (κ2) is 9.96. The van der Waals surface area contributed by atoms with Crippen molar-refractivity contribution < 1.29 is 27.1 Å². The van der Waals surface area contributed by atoms with Gasteiger partial charge in [0.2, 0.25) is 15.9 Å². The summed E-state index contributed by atoms with van der Waals surface area (Å²) < 4.78 is 55.6. The fourth-order valence-corrected chi connectivity index (χ4v) is 6.37. The monoisotopic (exact) mass is 550 g/mol. The number of amides is 1. The van der Waals surface area contributed by atoms with Gasteiger partial charge in [0, 0.05) is 38.2 Å². The maximum absolute atomic E-state index is 13.8. The first kappa shape index (κ1) is 26.6. The van der Waals surface area contributed by atoms with Gasteiger partial charge in [-0.1, -0.05) is 0 Å². The molecule has 0 unspecified atom stereocenters. The molecule has 1 aromatic carbocycles. The molecule has 1 amide bonds. The summed E-state index contributed by atoms with van der Waals surface area (Å²) in [5.41, 5.74) is 0.888. The predicted octanol–water partition coefficient (Wildman–Crippen LogP) is 3.58. The summed E-state index contributed by atoms with van der Waals surface area (Å²) in [4.78, 5) is 28.5. The summed E-state index contributed by atoms with van der Waals surface area (Å²) in [5.74, 6) is -3.82. The quantitative estimate of drug-likeness (QED) is 0.462. The number of nitrogens with one attached hydrogen (secondary N) is 2. The molecular weight excluding hydrogens is 518 g/mol. The molecule has 0 radical (unpaired) electrons. The topological polar surface area (TPSA) is 121 Å². The number of carbonyl (C=O) groups excluding carboxylic acids is 1. The highest BCUT2D eigenvalue weighted by atomic mass is 32.2. The van der Waals surface area contributed by atoms with Gasteiger partial charge in [-0.2, -0.15) is 0 Å². The van der Waals surface area contributed by atoms with Crippen LogP contribution in [0.2, 0.25) is 0 Å². The van der Waals surface area contributed by atoms with Crippen LogP contribution >= 0.6 is 0 Å². The minimum Gasteiger partial charge on any atom is -0.395 e. The summed E-state index contributed by atoms with van der Waals surface area (Å²) in [7, 11) is -3.77. The van der Waals surface area contributed by atoms with E-state index in [0.717, 1.165) is 12.8 Å². The van der Waals surface area contributed by atoms with Crippen molar-refractivity contribution in [1.29, 1.82) is 0 Å². The summed E-state index contributed by atoms with van der Waals surface area (Å²) in [5, 5.41) is 11.7. The van der Waals surface area contributed by atoms with E-state index in [9.17, 15) is 26.8 Å². The van der Waals surface area contributed by atoms with Crippen LogP contribution < -0.4 is 20.5 Å². The van der Waals surface area contributed by atoms with Gasteiger partial charge >= 0.3 is 0 Å². The Hall–Kier alpha value is -2.99. The van der Waals surface area contributed by atoms with Crippen molar-refractivity contribution in [2.24, 2.45) is 5.41 Å². The molecule has 12 heteroatoms. The van der Waals surface area contributed by atoms with Gasteiger partial charge in [0.1, 0.15) is 5.69 Å². The SMILES string of the molecule is O=C(Nc1cccn([C@H]2CCC(F)(F)C2)c1=O)c1ccc(NS(=O)(=O)CCO)cc1N1CCC2(CC1)CC2. The second-order valence-electron chi connectivity index (χ2n) is 10.7. The van der Waals surface area contributed by atoms with Gasteiger partial charge in [-0.05, 0) is 67.9 Å². The maximum atomic E-state index is 13.8. The number of carbonyl (C=O) groups is 1. The van der Waals surface area contributed by atoms with E-state index in [0.29, 0.717) is 24.2 Å². The van der Waals surface area contributed by atoms with Crippen LogP contribution in [-0.2, 0) is 10.0 Å². The third-order valence-electron chi connectivity index (χ3n) is 7.99. The first-order valence-corrected chi connectivity index (χ1v) is 14.6. The lowest BCUT2D eigenvalue weighted by atomic mass is 9.93. The molecule has 0 bridgehead atoms. The lowest BCUT2D eigenvalue weighted by Crippen LogP contribution is -2.36. The molecule has 2 aliphatic carbocycles. The highest BCUT2D eigenvalue weighted by Gasteiger charge is 2.45. The van der Waals surface area contributed by atoms with Crippen molar-refractivity contribution in [3.8, 4) is 0 Å². The number of piperidine rings is 1. The van der Waals surface area contributed by atoms with Gasteiger partial charge in [-0.15, -0.1) is 0 Å². The molecule has 5 rings (SSSR count). The average Bonchev–Trinajstić information content (AvgIpc) is 3.51. The van der Waals surface area contributed by atoms with Crippen LogP contribution in [0, 0.1) is 5.41 Å². The Bertz CT molecular complexity index is 1380. The Labute approximate surface area is 219 Å². The van der Waals surface area contributed by atoms with E-state index in [1.165, 1.54) is 41.8 Å². The molecule has 3 N–H and O–H groups in total. The highest BCUT2D eigenvalue weighted by Crippen LogP contribution is 2.54. The Morgan fingerprint density at radius 3 is 2.47 bits per heavy atom. The van der Waals surface area contributed by atoms with Gasteiger partial charge in [0.25, 0.3) is 11.5 Å². The highest BCUT2D eigenvalue weighted by molar-refractivity contribution is 7.92. The lowest BCUT2D eigenvalue weighted by molar-refractivity contribution is 0.00551. The number of aromatic nitrogens is 1. The van der Waals surface area contributed by atoms with Gasteiger partial charge in [-0.25, -0.2) is 17.2 Å². The molecule has 9 nitrogen and oxygen atoms in total. The number of alkyl halides is 2. The predicted molar refractivity (Wildman–Crippen MR) is 141 cm³/mol. The molecule has 2 heterocycles. The Kier molecular flexibility index (Phi) is 6.97. The third kappa shape index (κ3) is 5.70. The molecule has 1 aliphatic heterocycles. The van der Waals surface area contributed by atoms with Crippen molar-refractivity contribution in [2.75, 3.05) is 40.4 Å². The van der Waals surface area contributed by atoms with E-state index in [4.69, 9.17) is 5.11 Å². The van der Waals surface area contributed by atoms with Crippen LogP contribution in [-0.4, -0.2) is 55.4 Å². The van der Waals surface area contributed by atoms with E-state index < -0.39 is 52.2 Å². The Morgan fingerprint density at radius 1 is 1.11 bits per heavy atom. The van der Waals surface area contributed by atoms with Gasteiger partial charge in [-0.3, -0.25) is 14.3 Å². The van der Waals surface area contributed by atoms with Gasteiger partial charge < -0.3 is 19.9 Å². The number of pyridine rings is 1. The lowest BCUT2D eigenvalue weighted by Gasteiger charge is -2.35. The minimum absolute atomic E-state index is 0.0121. The third-order valence-corrected chi connectivity index (χ3v) is 9.26. The first-order chi connectivity index (χ1) is 18.0. The standard InChI is InChI=1S/C26H32F2N4O5S/c27-26(28)6-5-19(17-26)32-11-1-2-21(24(32)35)29-23(34)20-4-3-18(30-38(36,37)15-14-33)16-22(20)31-12-9-25(7-8-25)10-13-31/h1-4,11,16,19,30,33H,5-10,12-15,17H2,(H,29,34)/t19-/m0/s1. The summed E-state index contributed by atoms with van der Waals surface area (Å²) in [6.45, 7) is 0.895. The molecule has 2 aromatic rings. The normalized spacial score (nSPS) is 21.9. The van der Waals surface area contributed by atoms with Crippen molar-refractivity contribution in [1.82, 2.24) is 4.57 Å². The van der Waals surface area contributed by atoms with Crippen LogP contribution in [0.1, 0.15) is 61.3 Å². The first-order valence-electron chi connectivity index (χ1n) is 12.9. The van der Waals surface area contributed by atoms with Crippen LogP contribution in [0.25, 0.3) is 0 Å². The van der Waals surface area contributed by atoms with Crippen molar-refractivity contribution >= 4 is 33.0 Å². The Morgan fingerprint density at radius 2 is 1.84 bits per heavy atom. The van der Waals surface area contributed by atoms with E-state index in [1.807, 2.05) is 4.90 Å². The number of sulfonamides is 1. The van der Waals surface area contributed by atoms with Gasteiger partial charge in [0.15, 0.2) is 0 Å². The summed E-state index contributed by atoms with van der Waals surface area (Å²) in [6, 6.07) is 6.91. The fraction of sp³-hybridized carbons (Fsp3) is 0.538. The molecule has 1 saturated heterocycles. The molecule has 3 aliphatic rings. The van der Waals surface area contributed by atoms with E-state index in [-0.39, 0.29) is 29.8 Å². The van der Waals surface area contributed by atoms with E-state index in [1.54, 1.807) is 12.1 Å². The number of hydrogen-bond acceptors (Lipinski definition) is 6. The molecule has 38 heavy (non-hydrogen) atoms. The number of nitrogens with zero attached hydrogens (tertiary/aromatic N) is 2. The minimum atomic E-state index is -3.77. The maximum Gasteiger partial charge on any atom is 0.274 e. The van der Waals surface area contributed by atoms with Crippen molar-refractivity contribution in [3.63, 3.8) is 0 Å². The molecule has 1 spiro atoms. The number of aliphatic hydroxyl groups is 1. The molecule has 1 atom stereocenters. The molecule has 1 aromatic heterocycles. The number of rotatable bonds is 8. The average molecular weight is 551 g/mol. The summed E-state index contributed by atoms with van der Waals surface area (Å²) >= 11 is 0. The number of benzene rings is 1. The van der Waals surface area contributed by atoms with Gasteiger partial charge in [0.05, 0.1) is 29.3 Å². The zero-order valence-corrected chi connectivity index (χ0v) is 21.8. The van der Waals surface area contributed by atoms with Crippen LogP contribution in [0.3, 0.4) is 0 Å². The van der Waals surface area contributed by atoms with E-state index >= 15 is 0 Å². The molecule has 2 saturated carbocycles. The van der Waals surface area contributed by atoms with Crippen LogP contribution in [0.15, 0.2) is 41.3 Å². The number of halogens is 2. The zero-order chi connectivity index (χ0) is 27.1. The zero-order valence-electron chi connectivity index (χ0n) is 21.0. The van der Waals surface area contributed by atoms with Crippen LogP contribution in [0.5, 0.6) is 0 Å². The second-order valence-corrected chi connectivity index (χ2v) is 12.5. The van der Waals surface area contributed by atoms with Crippen molar-refractivity contribution in [3.05, 3.63) is 52.4 Å². The number of hydrogen-bond donors (Lipinski definition) is 3. The summed E-state index contributed by atoms with van der Waals surface area (Å²) in [6.07, 6.45) is 5.29. The fourth-order valence-electron chi connectivity index (χ4n) is 5.54. The molecule has 3 fully saturated rings. The molecule has 206 valence electrons. The Balaban J connectivity index is 1.42. The molecular formula is C26H32F2N4O5S. The van der Waals surface area contributed by atoms with E-state index in [2.05, 4.69) is 10.0 Å². The number of anilines is 3. The largest absolute Gasteiger partial charge is 0.395 e. The van der Waals surface area contributed by atoms with Crippen molar-refractivity contribution in [2.45, 2.75) is 56.9 Å². The number of aliphatic hydroxyl groups excluding tert-OH is 1.